The molecule has 1 atom stereocenters. The minimum Gasteiger partial charge on any atom is -0.480 e. The van der Waals surface area contributed by atoms with Crippen molar-refractivity contribution in [3.63, 3.8) is 0 Å². The summed E-state index contributed by atoms with van der Waals surface area (Å²) in [6.45, 7) is 1.85. The quantitative estimate of drug-likeness (QED) is 0.735. The third-order valence-electron chi connectivity index (χ3n) is 3.35. The molecular formula is C11H18N2O4. The zero-order valence-corrected chi connectivity index (χ0v) is 9.72. The summed E-state index contributed by atoms with van der Waals surface area (Å²) in [4.78, 5) is 24.3. The van der Waals surface area contributed by atoms with E-state index >= 15 is 0 Å². The van der Waals surface area contributed by atoms with Crippen LogP contribution in [0.2, 0.25) is 0 Å². The molecule has 0 bridgehead atoms. The van der Waals surface area contributed by atoms with Crippen molar-refractivity contribution < 1.29 is 19.4 Å². The van der Waals surface area contributed by atoms with Gasteiger partial charge in [-0.1, -0.05) is 0 Å². The van der Waals surface area contributed by atoms with E-state index in [9.17, 15) is 9.59 Å². The number of rotatable bonds is 2. The molecule has 2 saturated heterocycles. The number of urea groups is 1. The van der Waals surface area contributed by atoms with Crippen LogP contribution in [0.3, 0.4) is 0 Å². The molecule has 6 nitrogen and oxygen atoms in total. The molecule has 0 aromatic rings. The number of nitrogens with one attached hydrogen (secondary N) is 1. The normalized spacial score (nSPS) is 25.9. The molecule has 2 aliphatic heterocycles. The Morgan fingerprint density at radius 1 is 1.24 bits per heavy atom. The molecule has 96 valence electrons. The van der Waals surface area contributed by atoms with Crippen LogP contribution in [0.5, 0.6) is 0 Å². The minimum atomic E-state index is -0.912. The zero-order chi connectivity index (χ0) is 12.3. The first-order valence-electron chi connectivity index (χ1n) is 6.06. The largest absolute Gasteiger partial charge is 0.480 e. The lowest BCUT2D eigenvalue weighted by molar-refractivity contribution is -0.141. The summed E-state index contributed by atoms with van der Waals surface area (Å²) in [5.74, 6) is -0.912. The molecule has 0 aliphatic carbocycles. The van der Waals surface area contributed by atoms with Gasteiger partial charge in [0.25, 0.3) is 0 Å². The number of hydrogen-bond acceptors (Lipinski definition) is 3. The first kappa shape index (κ1) is 12.2. The first-order chi connectivity index (χ1) is 8.18. The summed E-state index contributed by atoms with van der Waals surface area (Å²) in [5.41, 5.74) is 0. The highest BCUT2D eigenvalue weighted by Gasteiger charge is 2.34. The van der Waals surface area contributed by atoms with Gasteiger partial charge >= 0.3 is 12.0 Å². The SMILES string of the molecule is O=C(O)[C@H]1CCCN1C(=O)NC1CCOCC1. The number of carbonyl (C=O) groups excluding carboxylic acids is 1. The number of carbonyl (C=O) groups is 2. The van der Waals surface area contributed by atoms with Crippen molar-refractivity contribution in [1.82, 2.24) is 10.2 Å². The maximum absolute atomic E-state index is 11.9. The van der Waals surface area contributed by atoms with Crippen LogP contribution in [-0.4, -0.2) is 53.8 Å². The van der Waals surface area contributed by atoms with Crippen molar-refractivity contribution in [1.29, 1.82) is 0 Å². The van der Waals surface area contributed by atoms with Crippen LogP contribution in [-0.2, 0) is 9.53 Å². The standard InChI is InChI=1S/C11H18N2O4/c14-10(15)9-2-1-5-13(9)11(16)12-8-3-6-17-7-4-8/h8-9H,1-7H2,(H,12,16)(H,14,15)/t9-/m1/s1. The summed E-state index contributed by atoms with van der Waals surface area (Å²) < 4.78 is 5.21. The lowest BCUT2D eigenvalue weighted by atomic mass is 10.1. The fraction of sp³-hybridized carbons (Fsp3) is 0.818. The van der Waals surface area contributed by atoms with Crippen molar-refractivity contribution in [2.75, 3.05) is 19.8 Å². The van der Waals surface area contributed by atoms with Crippen LogP contribution >= 0.6 is 0 Å². The number of carboxylic acids is 1. The van der Waals surface area contributed by atoms with Crippen LogP contribution in [0.15, 0.2) is 0 Å². The number of amides is 2. The molecule has 2 amide bonds. The van der Waals surface area contributed by atoms with E-state index in [1.54, 1.807) is 0 Å². The van der Waals surface area contributed by atoms with Gasteiger partial charge in [0.15, 0.2) is 0 Å². The van der Waals surface area contributed by atoms with Crippen LogP contribution < -0.4 is 5.32 Å². The molecule has 17 heavy (non-hydrogen) atoms. The fourth-order valence-electron chi connectivity index (χ4n) is 2.37. The summed E-state index contributed by atoms with van der Waals surface area (Å²) in [7, 11) is 0. The summed E-state index contributed by atoms with van der Waals surface area (Å²) in [5, 5.41) is 11.9. The molecule has 0 radical (unpaired) electrons. The van der Waals surface area contributed by atoms with Crippen molar-refractivity contribution in [3.05, 3.63) is 0 Å². The Labute approximate surface area is 99.9 Å². The minimum absolute atomic E-state index is 0.117. The van der Waals surface area contributed by atoms with E-state index in [-0.39, 0.29) is 12.1 Å². The highest BCUT2D eigenvalue weighted by molar-refractivity contribution is 5.83. The van der Waals surface area contributed by atoms with Gasteiger partial charge < -0.3 is 20.1 Å². The molecule has 0 saturated carbocycles. The summed E-state index contributed by atoms with van der Waals surface area (Å²) in [6.07, 6.45) is 2.92. The van der Waals surface area contributed by atoms with Crippen LogP contribution in [0.1, 0.15) is 25.7 Å². The van der Waals surface area contributed by atoms with E-state index in [4.69, 9.17) is 9.84 Å². The molecule has 0 spiro atoms. The topological polar surface area (TPSA) is 78.9 Å². The van der Waals surface area contributed by atoms with E-state index < -0.39 is 12.0 Å². The summed E-state index contributed by atoms with van der Waals surface area (Å²) >= 11 is 0. The number of hydrogen-bond donors (Lipinski definition) is 2. The number of nitrogens with zero attached hydrogens (tertiary/aromatic N) is 1. The molecule has 0 aromatic carbocycles. The molecule has 2 aliphatic rings. The second-order valence-electron chi connectivity index (χ2n) is 4.53. The molecule has 2 fully saturated rings. The van der Waals surface area contributed by atoms with Crippen LogP contribution in [0.25, 0.3) is 0 Å². The third kappa shape index (κ3) is 2.88. The average molecular weight is 242 g/mol. The Bertz CT molecular complexity index is 302. The predicted octanol–water partition coefficient (Wildman–Crippen LogP) is 0.424. The molecule has 6 heteroatoms. The Kier molecular flexibility index (Phi) is 3.83. The lowest BCUT2D eigenvalue weighted by Crippen LogP contribution is -2.50. The Morgan fingerprint density at radius 3 is 2.59 bits per heavy atom. The van der Waals surface area contributed by atoms with E-state index in [2.05, 4.69) is 5.32 Å². The fourth-order valence-corrected chi connectivity index (χ4v) is 2.37. The molecular weight excluding hydrogens is 224 g/mol. The number of carboxylic acid groups (broad SMARTS) is 1. The van der Waals surface area contributed by atoms with Gasteiger partial charge in [0, 0.05) is 25.8 Å². The second kappa shape index (κ2) is 5.35. The average Bonchev–Trinajstić information content (AvgIpc) is 2.79. The van der Waals surface area contributed by atoms with E-state index in [1.807, 2.05) is 0 Å². The molecule has 2 N–H and O–H groups in total. The Hall–Kier alpha value is -1.30. The van der Waals surface area contributed by atoms with Gasteiger partial charge in [-0.2, -0.15) is 0 Å². The van der Waals surface area contributed by atoms with Gasteiger partial charge in [-0.05, 0) is 25.7 Å². The van der Waals surface area contributed by atoms with Crippen molar-refractivity contribution in [2.24, 2.45) is 0 Å². The predicted molar refractivity (Wildman–Crippen MR) is 59.7 cm³/mol. The monoisotopic (exact) mass is 242 g/mol. The van der Waals surface area contributed by atoms with Gasteiger partial charge in [-0.3, -0.25) is 0 Å². The molecule has 2 heterocycles. The van der Waals surface area contributed by atoms with Gasteiger partial charge in [0.1, 0.15) is 6.04 Å². The van der Waals surface area contributed by atoms with Crippen LogP contribution in [0.4, 0.5) is 4.79 Å². The highest BCUT2D eigenvalue weighted by atomic mass is 16.5. The smallest absolute Gasteiger partial charge is 0.326 e. The van der Waals surface area contributed by atoms with Crippen molar-refractivity contribution >= 4 is 12.0 Å². The maximum atomic E-state index is 11.9. The molecule has 0 unspecified atom stereocenters. The zero-order valence-electron chi connectivity index (χ0n) is 9.72. The van der Waals surface area contributed by atoms with Gasteiger partial charge in [-0.15, -0.1) is 0 Å². The molecule has 2 rings (SSSR count). The van der Waals surface area contributed by atoms with E-state index in [1.165, 1.54) is 4.90 Å². The summed E-state index contributed by atoms with van der Waals surface area (Å²) in [6, 6.07) is -0.789. The second-order valence-corrected chi connectivity index (χ2v) is 4.53. The van der Waals surface area contributed by atoms with E-state index in [0.29, 0.717) is 26.2 Å². The van der Waals surface area contributed by atoms with Crippen LogP contribution in [0, 0.1) is 0 Å². The van der Waals surface area contributed by atoms with E-state index in [0.717, 1.165) is 19.3 Å². The lowest BCUT2D eigenvalue weighted by Gasteiger charge is -2.28. The maximum Gasteiger partial charge on any atom is 0.326 e. The number of likely N-dealkylation sites (tertiary alicyclic amines) is 1. The number of ether oxygens (including phenoxy) is 1. The van der Waals surface area contributed by atoms with Gasteiger partial charge in [0.05, 0.1) is 0 Å². The first-order valence-corrected chi connectivity index (χ1v) is 6.06. The molecule has 0 aromatic heterocycles. The van der Waals surface area contributed by atoms with Gasteiger partial charge in [-0.25, -0.2) is 9.59 Å². The Balaban J connectivity index is 1.88. The highest BCUT2D eigenvalue weighted by Crippen LogP contribution is 2.18. The third-order valence-corrected chi connectivity index (χ3v) is 3.35. The number of aliphatic carboxylic acids is 1. The Morgan fingerprint density at radius 2 is 1.94 bits per heavy atom. The van der Waals surface area contributed by atoms with Gasteiger partial charge in [0.2, 0.25) is 0 Å². The van der Waals surface area contributed by atoms with Crippen molar-refractivity contribution in [2.45, 2.75) is 37.8 Å². The van der Waals surface area contributed by atoms with Crippen molar-refractivity contribution in [3.8, 4) is 0 Å².